The van der Waals surface area contributed by atoms with Crippen LogP contribution < -0.4 is 10.1 Å². The number of carbonyl (C=O) groups is 1. The summed E-state index contributed by atoms with van der Waals surface area (Å²) in [7, 11) is 0. The molecule has 0 saturated heterocycles. The Hall–Kier alpha value is -1.81. The molecule has 0 bridgehead atoms. The molecular formula is C15H14BrNO2. The SMILES string of the molecule is Cc1cc(Br)cc(NC(=O)COc2ccccc2)c1. The summed E-state index contributed by atoms with van der Waals surface area (Å²) in [6, 6.07) is 15.0. The number of ether oxygens (including phenoxy) is 1. The highest BCUT2D eigenvalue weighted by Gasteiger charge is 2.04. The van der Waals surface area contributed by atoms with Gasteiger partial charge in [-0.15, -0.1) is 0 Å². The molecule has 0 aromatic heterocycles. The second kappa shape index (κ2) is 6.38. The van der Waals surface area contributed by atoms with Gasteiger partial charge in [-0.1, -0.05) is 34.1 Å². The number of nitrogens with one attached hydrogen (secondary N) is 1. The topological polar surface area (TPSA) is 38.3 Å². The fourth-order valence-corrected chi connectivity index (χ4v) is 2.28. The molecule has 2 aromatic rings. The Bertz CT molecular complexity index is 549. The predicted molar refractivity (Wildman–Crippen MR) is 79.4 cm³/mol. The number of amides is 1. The normalized spacial score (nSPS) is 10.0. The molecule has 0 fully saturated rings. The fourth-order valence-electron chi connectivity index (χ4n) is 1.67. The Balaban J connectivity index is 1.91. The minimum atomic E-state index is -0.179. The van der Waals surface area contributed by atoms with E-state index >= 15 is 0 Å². The van der Waals surface area contributed by atoms with Gasteiger partial charge in [-0.25, -0.2) is 0 Å². The molecule has 2 rings (SSSR count). The predicted octanol–water partition coefficient (Wildman–Crippen LogP) is 3.78. The number of halogens is 1. The van der Waals surface area contributed by atoms with Crippen molar-refractivity contribution in [2.45, 2.75) is 6.92 Å². The van der Waals surface area contributed by atoms with Gasteiger partial charge in [0.05, 0.1) is 0 Å². The number of rotatable bonds is 4. The monoisotopic (exact) mass is 319 g/mol. The highest BCUT2D eigenvalue weighted by molar-refractivity contribution is 9.10. The Morgan fingerprint density at radius 1 is 1.21 bits per heavy atom. The van der Waals surface area contributed by atoms with Crippen LogP contribution >= 0.6 is 15.9 Å². The van der Waals surface area contributed by atoms with Gasteiger partial charge in [-0.2, -0.15) is 0 Å². The zero-order valence-electron chi connectivity index (χ0n) is 10.5. The van der Waals surface area contributed by atoms with Crippen LogP contribution in [0.25, 0.3) is 0 Å². The van der Waals surface area contributed by atoms with Crippen molar-refractivity contribution in [1.29, 1.82) is 0 Å². The largest absolute Gasteiger partial charge is 0.484 e. The first-order chi connectivity index (χ1) is 9.13. The molecule has 0 unspecified atom stereocenters. The van der Waals surface area contributed by atoms with Crippen LogP contribution in [0.3, 0.4) is 0 Å². The van der Waals surface area contributed by atoms with Crippen LogP contribution in [0.15, 0.2) is 53.0 Å². The Morgan fingerprint density at radius 3 is 2.63 bits per heavy atom. The standard InChI is InChI=1S/C15H14BrNO2/c1-11-7-12(16)9-13(8-11)17-15(18)10-19-14-5-3-2-4-6-14/h2-9H,10H2,1H3,(H,17,18). The second-order valence-electron chi connectivity index (χ2n) is 4.17. The molecule has 0 aliphatic carbocycles. The van der Waals surface area contributed by atoms with Crippen molar-refractivity contribution in [2.24, 2.45) is 0 Å². The summed E-state index contributed by atoms with van der Waals surface area (Å²) in [5.74, 6) is 0.504. The van der Waals surface area contributed by atoms with E-state index in [-0.39, 0.29) is 12.5 Å². The van der Waals surface area contributed by atoms with E-state index in [0.717, 1.165) is 15.7 Å². The van der Waals surface area contributed by atoms with Crippen molar-refractivity contribution in [2.75, 3.05) is 11.9 Å². The number of hydrogen-bond donors (Lipinski definition) is 1. The van der Waals surface area contributed by atoms with Gasteiger partial charge in [0, 0.05) is 10.2 Å². The maximum atomic E-state index is 11.8. The molecule has 1 N–H and O–H groups in total. The van der Waals surface area contributed by atoms with Crippen molar-refractivity contribution in [3.05, 3.63) is 58.6 Å². The summed E-state index contributed by atoms with van der Waals surface area (Å²) < 4.78 is 6.31. The van der Waals surface area contributed by atoms with E-state index in [9.17, 15) is 4.79 Å². The van der Waals surface area contributed by atoms with E-state index in [0.29, 0.717) is 5.75 Å². The van der Waals surface area contributed by atoms with Gasteiger partial charge < -0.3 is 10.1 Å². The van der Waals surface area contributed by atoms with E-state index in [1.165, 1.54) is 0 Å². The van der Waals surface area contributed by atoms with Gasteiger partial charge in [0.2, 0.25) is 0 Å². The Morgan fingerprint density at radius 2 is 1.95 bits per heavy atom. The molecule has 0 radical (unpaired) electrons. The molecule has 2 aromatic carbocycles. The first kappa shape index (κ1) is 13.6. The average molecular weight is 320 g/mol. The van der Waals surface area contributed by atoms with Crippen LogP contribution in [0.2, 0.25) is 0 Å². The maximum Gasteiger partial charge on any atom is 0.262 e. The van der Waals surface area contributed by atoms with Crippen molar-refractivity contribution in [3.63, 3.8) is 0 Å². The van der Waals surface area contributed by atoms with Crippen molar-refractivity contribution < 1.29 is 9.53 Å². The van der Waals surface area contributed by atoms with Gasteiger partial charge >= 0.3 is 0 Å². The lowest BCUT2D eigenvalue weighted by molar-refractivity contribution is -0.118. The number of hydrogen-bond acceptors (Lipinski definition) is 2. The summed E-state index contributed by atoms with van der Waals surface area (Å²) in [6.07, 6.45) is 0. The van der Waals surface area contributed by atoms with E-state index in [2.05, 4.69) is 21.2 Å². The molecule has 1 amide bonds. The van der Waals surface area contributed by atoms with E-state index in [4.69, 9.17) is 4.74 Å². The second-order valence-corrected chi connectivity index (χ2v) is 5.08. The Kier molecular flexibility index (Phi) is 4.58. The average Bonchev–Trinajstić information content (AvgIpc) is 2.36. The molecular weight excluding hydrogens is 306 g/mol. The van der Waals surface area contributed by atoms with Crippen LogP contribution in [-0.2, 0) is 4.79 Å². The van der Waals surface area contributed by atoms with Crippen molar-refractivity contribution >= 4 is 27.5 Å². The molecule has 4 heteroatoms. The van der Waals surface area contributed by atoms with Crippen molar-refractivity contribution in [1.82, 2.24) is 0 Å². The molecule has 0 atom stereocenters. The molecule has 0 spiro atoms. The summed E-state index contributed by atoms with van der Waals surface area (Å²) in [5.41, 5.74) is 1.84. The molecule has 0 aliphatic rings. The minimum Gasteiger partial charge on any atom is -0.484 e. The lowest BCUT2D eigenvalue weighted by Gasteiger charge is -2.08. The molecule has 0 aliphatic heterocycles. The van der Waals surface area contributed by atoms with Crippen molar-refractivity contribution in [3.8, 4) is 5.75 Å². The van der Waals surface area contributed by atoms with Crippen LogP contribution in [0.4, 0.5) is 5.69 Å². The highest BCUT2D eigenvalue weighted by Crippen LogP contribution is 2.19. The number of aryl methyl sites for hydroxylation is 1. The number of benzene rings is 2. The maximum absolute atomic E-state index is 11.8. The summed E-state index contributed by atoms with van der Waals surface area (Å²) >= 11 is 3.40. The van der Waals surface area contributed by atoms with Gasteiger partial charge in [-0.3, -0.25) is 4.79 Å². The minimum absolute atomic E-state index is 0.00439. The smallest absolute Gasteiger partial charge is 0.262 e. The van der Waals surface area contributed by atoms with Gasteiger partial charge in [-0.05, 0) is 42.8 Å². The lowest BCUT2D eigenvalue weighted by atomic mass is 10.2. The summed E-state index contributed by atoms with van der Waals surface area (Å²) in [5, 5.41) is 2.80. The third kappa shape index (κ3) is 4.41. The summed E-state index contributed by atoms with van der Waals surface area (Å²) in [4.78, 5) is 11.8. The van der Waals surface area contributed by atoms with Gasteiger partial charge in [0.25, 0.3) is 5.91 Å². The van der Waals surface area contributed by atoms with Crippen LogP contribution in [0.5, 0.6) is 5.75 Å². The number of carbonyl (C=O) groups excluding carboxylic acids is 1. The van der Waals surface area contributed by atoms with Gasteiger partial charge in [0.1, 0.15) is 5.75 Å². The van der Waals surface area contributed by atoms with E-state index in [1.54, 1.807) is 0 Å². The zero-order chi connectivity index (χ0) is 13.7. The third-order valence-corrected chi connectivity index (χ3v) is 2.90. The van der Waals surface area contributed by atoms with E-state index in [1.807, 2.05) is 55.5 Å². The first-order valence-corrected chi connectivity index (χ1v) is 6.68. The lowest BCUT2D eigenvalue weighted by Crippen LogP contribution is -2.20. The van der Waals surface area contributed by atoms with Crippen LogP contribution in [0.1, 0.15) is 5.56 Å². The molecule has 98 valence electrons. The number of anilines is 1. The molecule has 3 nitrogen and oxygen atoms in total. The quantitative estimate of drug-likeness (QED) is 0.931. The Labute approximate surface area is 120 Å². The highest BCUT2D eigenvalue weighted by atomic mass is 79.9. The fraction of sp³-hybridized carbons (Fsp3) is 0.133. The first-order valence-electron chi connectivity index (χ1n) is 5.88. The molecule has 0 heterocycles. The third-order valence-electron chi connectivity index (χ3n) is 2.44. The van der Waals surface area contributed by atoms with Crippen LogP contribution in [0, 0.1) is 6.92 Å². The molecule has 0 saturated carbocycles. The zero-order valence-corrected chi connectivity index (χ0v) is 12.1. The molecule has 19 heavy (non-hydrogen) atoms. The summed E-state index contributed by atoms with van der Waals surface area (Å²) in [6.45, 7) is 1.97. The van der Waals surface area contributed by atoms with Gasteiger partial charge in [0.15, 0.2) is 6.61 Å². The van der Waals surface area contributed by atoms with Crippen LogP contribution in [-0.4, -0.2) is 12.5 Å². The van der Waals surface area contributed by atoms with E-state index < -0.39 is 0 Å². The number of para-hydroxylation sites is 1.